The molecule has 0 radical (unpaired) electrons. The van der Waals surface area contributed by atoms with Crippen LogP contribution in [0.25, 0.3) is 11.3 Å². The quantitative estimate of drug-likeness (QED) is 0.524. The second-order valence-electron chi connectivity index (χ2n) is 8.28. The van der Waals surface area contributed by atoms with Gasteiger partial charge in [0.05, 0.1) is 11.4 Å². The molecule has 0 atom stereocenters. The van der Waals surface area contributed by atoms with Gasteiger partial charge in [0, 0.05) is 29.6 Å². The fraction of sp³-hybridized carbons (Fsp3) is 0.292. The third kappa shape index (κ3) is 4.30. The van der Waals surface area contributed by atoms with E-state index in [1.54, 1.807) is 18.2 Å². The number of rotatable bonds is 6. The Balaban J connectivity index is 1.40. The van der Waals surface area contributed by atoms with Gasteiger partial charge in [-0.1, -0.05) is 30.3 Å². The van der Waals surface area contributed by atoms with Crippen LogP contribution in [0.5, 0.6) is 5.75 Å². The zero-order chi connectivity index (χ0) is 21.4. The van der Waals surface area contributed by atoms with E-state index >= 15 is 0 Å². The van der Waals surface area contributed by atoms with Crippen LogP contribution in [0.15, 0.2) is 54.6 Å². The van der Waals surface area contributed by atoms with E-state index in [2.05, 4.69) is 15.7 Å². The van der Waals surface area contributed by atoms with Crippen molar-refractivity contribution in [3.8, 4) is 17.0 Å². The number of aromatic nitrogens is 2. The molecule has 1 heterocycles. The molecule has 1 aromatic heterocycles. The average Bonchev–Trinajstić information content (AvgIpc) is 3.71. The fourth-order valence-corrected chi connectivity index (χ4v) is 3.62. The molecule has 7 nitrogen and oxygen atoms in total. The minimum Gasteiger partial charge on any atom is -0.507 e. The second-order valence-corrected chi connectivity index (χ2v) is 8.28. The largest absolute Gasteiger partial charge is 0.507 e. The van der Waals surface area contributed by atoms with Crippen molar-refractivity contribution in [1.82, 2.24) is 15.1 Å². The molecule has 0 saturated heterocycles. The summed E-state index contributed by atoms with van der Waals surface area (Å²) >= 11 is 0. The van der Waals surface area contributed by atoms with Crippen LogP contribution in [0.1, 0.15) is 42.9 Å². The van der Waals surface area contributed by atoms with E-state index < -0.39 is 0 Å². The van der Waals surface area contributed by atoms with Gasteiger partial charge in [-0.2, -0.15) is 9.78 Å². The van der Waals surface area contributed by atoms with Crippen LogP contribution in [0.2, 0.25) is 0 Å². The van der Waals surface area contributed by atoms with Gasteiger partial charge in [0.1, 0.15) is 5.75 Å². The summed E-state index contributed by atoms with van der Waals surface area (Å²) in [4.78, 5) is 25.0. The van der Waals surface area contributed by atoms with E-state index in [1.165, 1.54) is 4.68 Å². The fourth-order valence-electron chi connectivity index (χ4n) is 3.62. The average molecular weight is 416 g/mol. The van der Waals surface area contributed by atoms with E-state index in [4.69, 9.17) is 0 Å². The smallest absolute Gasteiger partial charge is 0.342 e. The lowest BCUT2D eigenvalue weighted by Gasteiger charge is -2.08. The molecular formula is C24H24N4O3. The Morgan fingerprint density at radius 1 is 1.03 bits per heavy atom. The van der Waals surface area contributed by atoms with Crippen molar-refractivity contribution >= 4 is 17.6 Å². The van der Waals surface area contributed by atoms with Crippen molar-refractivity contribution in [2.75, 3.05) is 5.32 Å². The van der Waals surface area contributed by atoms with E-state index in [9.17, 15) is 14.7 Å². The summed E-state index contributed by atoms with van der Waals surface area (Å²) in [5.74, 6) is 0.442. The number of amides is 2. The predicted molar refractivity (Wildman–Crippen MR) is 117 cm³/mol. The van der Waals surface area contributed by atoms with Crippen LogP contribution in [-0.4, -0.2) is 26.8 Å². The minimum absolute atomic E-state index is 0.00104. The monoisotopic (exact) mass is 416 g/mol. The topological polar surface area (TPSA) is 96.2 Å². The van der Waals surface area contributed by atoms with Crippen LogP contribution < -0.4 is 10.6 Å². The van der Waals surface area contributed by atoms with Crippen molar-refractivity contribution < 1.29 is 14.7 Å². The van der Waals surface area contributed by atoms with Crippen LogP contribution in [0, 0.1) is 5.92 Å². The number of carbonyl (C=O) groups is 2. The van der Waals surface area contributed by atoms with Gasteiger partial charge in [0.2, 0.25) is 5.91 Å². The maximum Gasteiger partial charge on any atom is 0.342 e. The lowest BCUT2D eigenvalue weighted by atomic mass is 10.1. The predicted octanol–water partition coefficient (Wildman–Crippen LogP) is 4.24. The third-order valence-electron chi connectivity index (χ3n) is 5.70. The Labute approximate surface area is 180 Å². The molecule has 2 aliphatic carbocycles. The Morgan fingerprint density at radius 2 is 1.81 bits per heavy atom. The zero-order valence-corrected chi connectivity index (χ0v) is 17.0. The zero-order valence-electron chi connectivity index (χ0n) is 17.0. The summed E-state index contributed by atoms with van der Waals surface area (Å²) in [5, 5.41) is 20.8. The molecule has 5 rings (SSSR count). The Morgan fingerprint density at radius 3 is 2.52 bits per heavy atom. The van der Waals surface area contributed by atoms with Crippen molar-refractivity contribution in [3.63, 3.8) is 0 Å². The molecule has 2 aliphatic rings. The number of nitrogens with one attached hydrogen (secondary N) is 2. The number of nitrogens with zero attached hydrogens (tertiary/aromatic N) is 2. The summed E-state index contributed by atoms with van der Waals surface area (Å²) in [6.45, 7) is 0.410. The first kappa shape index (κ1) is 19.4. The summed E-state index contributed by atoms with van der Waals surface area (Å²) < 4.78 is 1.41. The van der Waals surface area contributed by atoms with Crippen LogP contribution in [0.3, 0.4) is 0 Å². The van der Waals surface area contributed by atoms with Gasteiger partial charge in [0.15, 0.2) is 0 Å². The molecule has 2 fully saturated rings. The molecule has 0 aliphatic heterocycles. The molecule has 0 bridgehead atoms. The molecule has 0 spiro atoms. The Bertz CT molecular complexity index is 1130. The van der Waals surface area contributed by atoms with Gasteiger partial charge in [-0.25, -0.2) is 4.79 Å². The minimum atomic E-state index is -0.297. The normalized spacial score (nSPS) is 15.5. The van der Waals surface area contributed by atoms with Crippen LogP contribution in [0.4, 0.5) is 10.5 Å². The Hall–Kier alpha value is -3.61. The number of hydrogen-bond donors (Lipinski definition) is 3. The van der Waals surface area contributed by atoms with E-state index in [0.29, 0.717) is 29.4 Å². The maximum atomic E-state index is 12.9. The SMILES string of the molecule is O=C(Nc1ccc(O)c(-c2cc(C3CC3)n(C(=O)NCc3ccccc3)n2)c1)C1CC1. The van der Waals surface area contributed by atoms with Crippen LogP contribution in [-0.2, 0) is 11.3 Å². The number of hydrogen-bond acceptors (Lipinski definition) is 4. The number of aromatic hydroxyl groups is 1. The molecule has 158 valence electrons. The highest BCUT2D eigenvalue weighted by Crippen LogP contribution is 2.42. The maximum absolute atomic E-state index is 12.9. The van der Waals surface area contributed by atoms with Gasteiger partial charge in [-0.05, 0) is 55.5 Å². The summed E-state index contributed by atoms with van der Waals surface area (Å²) in [6.07, 6.45) is 3.87. The highest BCUT2D eigenvalue weighted by atomic mass is 16.3. The molecule has 3 N–H and O–H groups in total. The summed E-state index contributed by atoms with van der Waals surface area (Å²) in [6, 6.07) is 16.2. The number of anilines is 1. The van der Waals surface area contributed by atoms with Gasteiger partial charge in [0.25, 0.3) is 0 Å². The van der Waals surface area contributed by atoms with Gasteiger partial charge >= 0.3 is 6.03 Å². The van der Waals surface area contributed by atoms with Crippen LogP contribution >= 0.6 is 0 Å². The highest BCUT2D eigenvalue weighted by molar-refractivity contribution is 5.95. The Kier molecular flexibility index (Phi) is 4.94. The summed E-state index contributed by atoms with van der Waals surface area (Å²) in [5.41, 5.74) is 3.46. The number of carbonyl (C=O) groups excluding carboxylic acids is 2. The standard InChI is InChI=1S/C24H24N4O3/c29-22-11-10-18(26-23(30)17-8-9-17)12-19(22)20-13-21(16-6-7-16)28(27-20)24(31)25-14-15-4-2-1-3-5-15/h1-5,10-13,16-17,29H,6-9,14H2,(H,25,31)(H,26,30). The molecule has 0 unspecified atom stereocenters. The van der Waals surface area contributed by atoms with Crippen molar-refractivity contribution in [2.24, 2.45) is 5.92 Å². The number of phenolic OH excluding ortho intramolecular Hbond substituents is 1. The van der Waals surface area contributed by atoms with Crippen molar-refractivity contribution in [1.29, 1.82) is 0 Å². The van der Waals surface area contributed by atoms with E-state index in [0.717, 1.165) is 36.9 Å². The molecule has 7 heteroatoms. The molecule has 2 aromatic carbocycles. The van der Waals surface area contributed by atoms with Gasteiger partial charge in [-0.15, -0.1) is 0 Å². The lowest BCUT2D eigenvalue weighted by Crippen LogP contribution is -2.30. The van der Waals surface area contributed by atoms with Gasteiger partial charge < -0.3 is 15.7 Å². The molecule has 3 aromatic rings. The third-order valence-corrected chi connectivity index (χ3v) is 5.70. The molecule has 31 heavy (non-hydrogen) atoms. The van der Waals surface area contributed by atoms with Crippen molar-refractivity contribution in [3.05, 3.63) is 65.9 Å². The molecule has 2 amide bonds. The summed E-state index contributed by atoms with van der Waals surface area (Å²) in [7, 11) is 0. The molecule has 2 saturated carbocycles. The second kappa shape index (κ2) is 7.91. The first-order valence-corrected chi connectivity index (χ1v) is 10.6. The highest BCUT2D eigenvalue weighted by Gasteiger charge is 2.31. The van der Waals surface area contributed by atoms with Crippen molar-refractivity contribution in [2.45, 2.75) is 38.1 Å². The van der Waals surface area contributed by atoms with E-state index in [1.807, 2.05) is 36.4 Å². The van der Waals surface area contributed by atoms with Gasteiger partial charge in [-0.3, -0.25) is 4.79 Å². The number of phenols is 1. The first-order chi connectivity index (χ1) is 15.1. The number of benzene rings is 2. The molecular weight excluding hydrogens is 392 g/mol. The first-order valence-electron chi connectivity index (χ1n) is 10.6. The lowest BCUT2D eigenvalue weighted by molar-refractivity contribution is -0.117. The van der Waals surface area contributed by atoms with E-state index in [-0.39, 0.29) is 23.6 Å².